The number of hydrogen-bond donors (Lipinski definition) is 3. The number of nitrogens with one attached hydrogen (secondary N) is 1. The van der Waals surface area contributed by atoms with E-state index in [1.807, 2.05) is 0 Å². The highest BCUT2D eigenvalue weighted by Gasteiger charge is 2.15. The molecule has 0 saturated heterocycles. The molecule has 0 fully saturated rings. The van der Waals surface area contributed by atoms with E-state index in [1.54, 1.807) is 0 Å². The van der Waals surface area contributed by atoms with Crippen LogP contribution >= 0.6 is 0 Å². The van der Waals surface area contributed by atoms with E-state index in [2.05, 4.69) is 5.43 Å². The molecule has 0 amide bonds. The number of hydrogen-bond acceptors (Lipinski definition) is 3. The van der Waals surface area contributed by atoms with Crippen molar-refractivity contribution in [1.82, 2.24) is 5.43 Å². The number of nitrogen functional groups attached to an aromatic ring is 1. The molecule has 0 aliphatic carbocycles. The van der Waals surface area contributed by atoms with Gasteiger partial charge in [0.1, 0.15) is 17.5 Å². The molecule has 0 aliphatic heterocycles. The SMILES string of the molecule is NNC(Cc1cc(F)cc(F)c1)c1cc(F)ccc1N. The van der Waals surface area contributed by atoms with E-state index in [0.717, 1.165) is 6.07 Å². The standard InChI is InChI=1S/C14H14F3N3/c15-9-1-2-13(18)12(7-9)14(20-19)5-8-3-10(16)6-11(17)4-8/h1-4,6-7,14,20H,5,18-19H2. The zero-order valence-electron chi connectivity index (χ0n) is 10.5. The zero-order valence-corrected chi connectivity index (χ0v) is 10.5. The molecule has 2 rings (SSSR count). The van der Waals surface area contributed by atoms with Crippen molar-refractivity contribution in [3.05, 3.63) is 65.0 Å². The second kappa shape index (κ2) is 5.94. The van der Waals surface area contributed by atoms with E-state index in [0.29, 0.717) is 16.8 Å². The van der Waals surface area contributed by atoms with Crippen molar-refractivity contribution in [3.63, 3.8) is 0 Å². The fourth-order valence-corrected chi connectivity index (χ4v) is 2.07. The Labute approximate surface area is 114 Å². The van der Waals surface area contributed by atoms with Crippen LogP contribution in [0.2, 0.25) is 0 Å². The van der Waals surface area contributed by atoms with Gasteiger partial charge in [-0.3, -0.25) is 11.3 Å². The summed E-state index contributed by atoms with van der Waals surface area (Å²) in [6.07, 6.45) is 0.179. The Morgan fingerprint density at radius 2 is 1.60 bits per heavy atom. The summed E-state index contributed by atoms with van der Waals surface area (Å²) in [5, 5.41) is 0. The third-order valence-corrected chi connectivity index (χ3v) is 2.99. The molecule has 0 aromatic heterocycles. The highest BCUT2D eigenvalue weighted by molar-refractivity contribution is 5.49. The van der Waals surface area contributed by atoms with Crippen LogP contribution in [0.4, 0.5) is 18.9 Å². The lowest BCUT2D eigenvalue weighted by Crippen LogP contribution is -2.30. The third-order valence-electron chi connectivity index (χ3n) is 2.99. The Morgan fingerprint density at radius 1 is 0.950 bits per heavy atom. The van der Waals surface area contributed by atoms with Gasteiger partial charge in [0.05, 0.1) is 6.04 Å². The zero-order chi connectivity index (χ0) is 14.7. The summed E-state index contributed by atoms with van der Waals surface area (Å²) in [6.45, 7) is 0. The maximum absolute atomic E-state index is 13.3. The van der Waals surface area contributed by atoms with Crippen molar-refractivity contribution < 1.29 is 13.2 Å². The Balaban J connectivity index is 2.31. The average molecular weight is 281 g/mol. The van der Waals surface area contributed by atoms with Crippen molar-refractivity contribution in [1.29, 1.82) is 0 Å². The minimum atomic E-state index is -0.678. The number of halogens is 3. The second-order valence-corrected chi connectivity index (χ2v) is 4.47. The number of hydrazine groups is 1. The largest absolute Gasteiger partial charge is 0.398 e. The lowest BCUT2D eigenvalue weighted by atomic mass is 9.98. The highest BCUT2D eigenvalue weighted by atomic mass is 19.1. The van der Waals surface area contributed by atoms with Gasteiger partial charge in [-0.15, -0.1) is 0 Å². The van der Waals surface area contributed by atoms with Gasteiger partial charge >= 0.3 is 0 Å². The summed E-state index contributed by atoms with van der Waals surface area (Å²) in [5.41, 5.74) is 9.44. The summed E-state index contributed by atoms with van der Waals surface area (Å²) >= 11 is 0. The van der Waals surface area contributed by atoms with Crippen LogP contribution in [0.5, 0.6) is 0 Å². The van der Waals surface area contributed by atoms with Crippen molar-refractivity contribution in [2.24, 2.45) is 5.84 Å². The van der Waals surface area contributed by atoms with Crippen LogP contribution in [0, 0.1) is 17.5 Å². The molecule has 0 saturated carbocycles. The van der Waals surface area contributed by atoms with E-state index >= 15 is 0 Å². The van der Waals surface area contributed by atoms with Crippen LogP contribution in [-0.2, 0) is 6.42 Å². The molecule has 2 aromatic rings. The summed E-state index contributed by atoms with van der Waals surface area (Å²) in [5.74, 6) is 3.62. The van der Waals surface area contributed by atoms with E-state index in [1.165, 1.54) is 30.3 Å². The Kier molecular flexibility index (Phi) is 4.26. The van der Waals surface area contributed by atoms with E-state index in [9.17, 15) is 13.2 Å². The molecule has 0 radical (unpaired) electrons. The van der Waals surface area contributed by atoms with Crippen LogP contribution in [-0.4, -0.2) is 0 Å². The predicted octanol–water partition coefficient (Wildman–Crippen LogP) is 2.43. The van der Waals surface area contributed by atoms with Crippen LogP contribution < -0.4 is 17.0 Å². The fourth-order valence-electron chi connectivity index (χ4n) is 2.07. The Morgan fingerprint density at radius 3 is 2.20 bits per heavy atom. The maximum Gasteiger partial charge on any atom is 0.126 e. The van der Waals surface area contributed by atoms with Gasteiger partial charge in [0.2, 0.25) is 0 Å². The topological polar surface area (TPSA) is 64.1 Å². The van der Waals surface area contributed by atoms with Crippen molar-refractivity contribution >= 4 is 5.69 Å². The molecule has 6 heteroatoms. The Hall–Kier alpha value is -2.05. The van der Waals surface area contributed by atoms with Crippen LogP contribution in [0.25, 0.3) is 0 Å². The number of rotatable bonds is 4. The average Bonchev–Trinajstić information content (AvgIpc) is 2.38. The van der Waals surface area contributed by atoms with Gasteiger partial charge in [0.25, 0.3) is 0 Å². The summed E-state index contributed by atoms with van der Waals surface area (Å²) < 4.78 is 39.6. The van der Waals surface area contributed by atoms with Crippen LogP contribution in [0.1, 0.15) is 17.2 Å². The normalized spacial score (nSPS) is 12.4. The van der Waals surface area contributed by atoms with Crippen molar-refractivity contribution in [3.8, 4) is 0 Å². The van der Waals surface area contributed by atoms with Crippen molar-refractivity contribution in [2.45, 2.75) is 12.5 Å². The molecule has 0 spiro atoms. The molecule has 0 bridgehead atoms. The Bertz CT molecular complexity index is 596. The fraction of sp³-hybridized carbons (Fsp3) is 0.143. The predicted molar refractivity (Wildman–Crippen MR) is 70.9 cm³/mol. The molecule has 2 aromatic carbocycles. The van der Waals surface area contributed by atoms with Crippen LogP contribution in [0.3, 0.4) is 0 Å². The molecule has 1 unspecified atom stereocenters. The third kappa shape index (κ3) is 3.28. The van der Waals surface area contributed by atoms with Gasteiger partial charge in [0, 0.05) is 11.8 Å². The first kappa shape index (κ1) is 14.4. The molecular formula is C14H14F3N3. The quantitative estimate of drug-likeness (QED) is 0.458. The van der Waals surface area contributed by atoms with Gasteiger partial charge in [0.15, 0.2) is 0 Å². The molecular weight excluding hydrogens is 267 g/mol. The number of anilines is 1. The second-order valence-electron chi connectivity index (χ2n) is 4.47. The lowest BCUT2D eigenvalue weighted by molar-refractivity contribution is 0.536. The smallest absolute Gasteiger partial charge is 0.126 e. The van der Waals surface area contributed by atoms with Crippen LogP contribution in [0.15, 0.2) is 36.4 Å². The van der Waals surface area contributed by atoms with E-state index < -0.39 is 23.5 Å². The van der Waals surface area contributed by atoms with Gasteiger partial charge in [-0.2, -0.15) is 0 Å². The minimum absolute atomic E-state index is 0.179. The van der Waals surface area contributed by atoms with Gasteiger partial charge in [-0.05, 0) is 47.9 Å². The van der Waals surface area contributed by atoms with E-state index in [4.69, 9.17) is 11.6 Å². The molecule has 1 atom stereocenters. The maximum atomic E-state index is 13.3. The van der Waals surface area contributed by atoms with Crippen molar-refractivity contribution in [2.75, 3.05) is 5.73 Å². The summed E-state index contributed by atoms with van der Waals surface area (Å²) in [6, 6.07) is 6.52. The molecule has 0 heterocycles. The van der Waals surface area contributed by atoms with Gasteiger partial charge in [-0.25, -0.2) is 13.2 Å². The number of nitrogens with two attached hydrogens (primary N) is 2. The molecule has 20 heavy (non-hydrogen) atoms. The molecule has 3 nitrogen and oxygen atoms in total. The summed E-state index contributed by atoms with van der Waals surface area (Å²) in [7, 11) is 0. The summed E-state index contributed by atoms with van der Waals surface area (Å²) in [4.78, 5) is 0. The minimum Gasteiger partial charge on any atom is -0.398 e. The van der Waals surface area contributed by atoms with E-state index in [-0.39, 0.29) is 6.42 Å². The molecule has 106 valence electrons. The monoisotopic (exact) mass is 281 g/mol. The lowest BCUT2D eigenvalue weighted by Gasteiger charge is -2.18. The number of benzene rings is 2. The molecule has 0 aliphatic rings. The van der Waals surface area contributed by atoms with Gasteiger partial charge in [-0.1, -0.05) is 0 Å². The highest BCUT2D eigenvalue weighted by Crippen LogP contribution is 2.25. The van der Waals surface area contributed by atoms with Gasteiger partial charge < -0.3 is 5.73 Å². The first-order valence-electron chi connectivity index (χ1n) is 5.95. The first-order valence-corrected chi connectivity index (χ1v) is 5.95. The first-order chi connectivity index (χ1) is 9.49. The molecule has 5 N–H and O–H groups in total.